The summed E-state index contributed by atoms with van der Waals surface area (Å²) in [7, 11) is 0. The SMILES string of the molecule is C=C1C[C@]23C[C@H]1CC[C@H]2[C@]1(C)CC[C@@H](OC(=O)c2ccc(SC)cc2)[C@](C)(COC(C)=O)C1C[C@@H]3O. The first-order valence-corrected chi connectivity index (χ1v) is 14.6. The predicted octanol–water partition coefficient (Wildman–Crippen LogP) is 6.05. The fourth-order valence-electron chi connectivity index (χ4n) is 8.85. The van der Waals surface area contributed by atoms with Gasteiger partial charge in [0.25, 0.3) is 0 Å². The third-order valence-electron chi connectivity index (χ3n) is 10.6. The van der Waals surface area contributed by atoms with Crippen LogP contribution in [0.5, 0.6) is 0 Å². The number of carbonyl (C=O) groups is 2. The first kappa shape index (κ1) is 25.8. The minimum atomic E-state index is -0.581. The molecule has 6 heteroatoms. The summed E-state index contributed by atoms with van der Waals surface area (Å²) < 4.78 is 11.9. The van der Waals surface area contributed by atoms with E-state index in [1.54, 1.807) is 11.8 Å². The zero-order chi connectivity index (χ0) is 25.9. The highest BCUT2D eigenvalue weighted by Crippen LogP contribution is 2.72. The van der Waals surface area contributed by atoms with Crippen LogP contribution in [0, 0.1) is 34.0 Å². The highest BCUT2D eigenvalue weighted by molar-refractivity contribution is 7.98. The van der Waals surface area contributed by atoms with E-state index in [4.69, 9.17) is 9.47 Å². The van der Waals surface area contributed by atoms with E-state index in [1.165, 1.54) is 12.5 Å². The van der Waals surface area contributed by atoms with Crippen molar-refractivity contribution < 1.29 is 24.2 Å². The highest BCUT2D eigenvalue weighted by Gasteiger charge is 2.68. The molecule has 0 aromatic heterocycles. The van der Waals surface area contributed by atoms with Crippen LogP contribution in [0.1, 0.15) is 76.1 Å². The predicted molar refractivity (Wildman–Crippen MR) is 141 cm³/mol. The lowest BCUT2D eigenvalue weighted by atomic mass is 9.40. The Morgan fingerprint density at radius 3 is 2.53 bits per heavy atom. The molecule has 1 N–H and O–H groups in total. The molecular weight excluding hydrogens is 472 g/mol. The van der Waals surface area contributed by atoms with Gasteiger partial charge in [0.1, 0.15) is 12.7 Å². The molecule has 5 nitrogen and oxygen atoms in total. The number of esters is 2. The molecule has 1 spiro atoms. The lowest BCUT2D eigenvalue weighted by Crippen LogP contribution is -2.65. The molecule has 1 unspecified atom stereocenters. The molecule has 4 saturated carbocycles. The lowest BCUT2D eigenvalue weighted by Gasteiger charge is -2.66. The quantitative estimate of drug-likeness (QED) is 0.294. The molecule has 4 aliphatic rings. The van der Waals surface area contributed by atoms with Gasteiger partial charge in [-0.1, -0.05) is 26.0 Å². The van der Waals surface area contributed by atoms with Gasteiger partial charge in [-0.3, -0.25) is 4.79 Å². The van der Waals surface area contributed by atoms with Crippen LogP contribution < -0.4 is 0 Å². The molecule has 0 aliphatic heterocycles. The number of benzene rings is 1. The molecule has 2 bridgehead atoms. The second-order valence-electron chi connectivity index (χ2n) is 12.4. The number of hydrogen-bond acceptors (Lipinski definition) is 6. The fourth-order valence-corrected chi connectivity index (χ4v) is 9.26. The summed E-state index contributed by atoms with van der Waals surface area (Å²) in [6.07, 6.45) is 7.72. The van der Waals surface area contributed by atoms with Crippen LogP contribution in [0.3, 0.4) is 0 Å². The smallest absolute Gasteiger partial charge is 0.338 e. The molecule has 4 fully saturated rings. The Hall–Kier alpha value is -1.79. The maximum Gasteiger partial charge on any atom is 0.338 e. The van der Waals surface area contributed by atoms with Gasteiger partial charge in [-0.15, -0.1) is 11.8 Å². The van der Waals surface area contributed by atoms with Gasteiger partial charge >= 0.3 is 11.9 Å². The lowest BCUT2D eigenvalue weighted by molar-refractivity contribution is -0.232. The van der Waals surface area contributed by atoms with Gasteiger partial charge < -0.3 is 14.6 Å². The van der Waals surface area contributed by atoms with Crippen molar-refractivity contribution in [1.82, 2.24) is 0 Å². The number of fused-ring (bicyclic) bond motifs is 3. The molecule has 4 aliphatic carbocycles. The van der Waals surface area contributed by atoms with Gasteiger partial charge in [-0.25, -0.2) is 4.79 Å². The Morgan fingerprint density at radius 1 is 1.14 bits per heavy atom. The van der Waals surface area contributed by atoms with Crippen molar-refractivity contribution in [2.45, 2.75) is 82.8 Å². The molecular formula is C30H40O5S. The summed E-state index contributed by atoms with van der Waals surface area (Å²) in [5, 5.41) is 11.7. The minimum Gasteiger partial charge on any atom is -0.465 e. The van der Waals surface area contributed by atoms with Crippen molar-refractivity contribution in [3.63, 3.8) is 0 Å². The molecule has 0 radical (unpaired) electrons. The summed E-state index contributed by atoms with van der Waals surface area (Å²) in [4.78, 5) is 26.2. The van der Waals surface area contributed by atoms with Gasteiger partial charge in [-0.2, -0.15) is 0 Å². The molecule has 1 aromatic rings. The normalized spacial score (nSPS) is 41.2. The van der Waals surface area contributed by atoms with Crippen molar-refractivity contribution in [3.8, 4) is 0 Å². The van der Waals surface area contributed by atoms with E-state index < -0.39 is 17.6 Å². The van der Waals surface area contributed by atoms with E-state index in [2.05, 4.69) is 20.4 Å². The maximum absolute atomic E-state index is 13.2. The Balaban J connectivity index is 1.46. The summed E-state index contributed by atoms with van der Waals surface area (Å²) in [6.45, 7) is 10.5. The monoisotopic (exact) mass is 512 g/mol. The van der Waals surface area contributed by atoms with Gasteiger partial charge in [-0.05, 0) is 98.6 Å². The number of thioether (sulfide) groups is 1. The zero-order valence-corrected chi connectivity index (χ0v) is 22.9. The van der Waals surface area contributed by atoms with Crippen LogP contribution in [0.25, 0.3) is 0 Å². The van der Waals surface area contributed by atoms with Gasteiger partial charge in [0.2, 0.25) is 0 Å². The number of allylic oxidation sites excluding steroid dienone is 1. The standard InChI is InChI=1S/C30H40O5S/c1-18-15-30-16-21(18)8-11-23(30)28(3)13-12-26(35-27(33)20-6-9-22(36-5)10-7-20)29(4,17-34-19(2)31)24(28)14-25(30)32/h6-7,9-10,21,23-26,32H,1,8,11-17H2,2-5H3/t21-,23+,24?,25+,26-,28+,29-,30+/m1/s1. The van der Waals surface area contributed by atoms with Crippen molar-refractivity contribution in [3.05, 3.63) is 42.0 Å². The topological polar surface area (TPSA) is 72.8 Å². The summed E-state index contributed by atoms with van der Waals surface area (Å²) >= 11 is 1.63. The Kier molecular flexibility index (Phi) is 6.60. The van der Waals surface area contributed by atoms with Crippen molar-refractivity contribution in [2.24, 2.45) is 34.0 Å². The van der Waals surface area contributed by atoms with E-state index in [1.807, 2.05) is 30.5 Å². The first-order chi connectivity index (χ1) is 17.0. The maximum atomic E-state index is 13.2. The van der Waals surface area contributed by atoms with E-state index in [0.717, 1.165) is 43.4 Å². The van der Waals surface area contributed by atoms with Crippen LogP contribution in [0.15, 0.2) is 41.3 Å². The first-order valence-electron chi connectivity index (χ1n) is 13.4. The third kappa shape index (κ3) is 3.94. The fraction of sp³-hybridized carbons (Fsp3) is 0.667. The number of aliphatic hydroxyl groups excluding tert-OH is 1. The Morgan fingerprint density at radius 2 is 1.86 bits per heavy atom. The van der Waals surface area contributed by atoms with Crippen molar-refractivity contribution in [2.75, 3.05) is 12.9 Å². The largest absolute Gasteiger partial charge is 0.465 e. The number of hydrogen-bond donors (Lipinski definition) is 1. The number of aliphatic hydroxyl groups is 1. The molecule has 36 heavy (non-hydrogen) atoms. The van der Waals surface area contributed by atoms with Crippen molar-refractivity contribution in [1.29, 1.82) is 0 Å². The van der Waals surface area contributed by atoms with Gasteiger partial charge in [0.05, 0.1) is 11.7 Å². The van der Waals surface area contributed by atoms with Gasteiger partial charge in [0, 0.05) is 22.6 Å². The average Bonchev–Trinajstić information content (AvgIpc) is 3.11. The highest BCUT2D eigenvalue weighted by atomic mass is 32.2. The average molecular weight is 513 g/mol. The van der Waals surface area contributed by atoms with Gasteiger partial charge in [0.15, 0.2) is 0 Å². The zero-order valence-electron chi connectivity index (χ0n) is 22.0. The third-order valence-corrected chi connectivity index (χ3v) is 11.4. The van der Waals surface area contributed by atoms with Crippen LogP contribution in [-0.2, 0) is 14.3 Å². The Labute approximate surface area is 219 Å². The summed E-state index contributed by atoms with van der Waals surface area (Å²) in [5.41, 5.74) is 1.16. The van der Waals surface area contributed by atoms with E-state index in [-0.39, 0.29) is 35.3 Å². The number of carbonyl (C=O) groups excluding carboxylic acids is 2. The summed E-state index contributed by atoms with van der Waals surface area (Å²) in [6, 6.07) is 7.48. The molecule has 0 saturated heterocycles. The molecule has 0 heterocycles. The molecule has 8 atom stereocenters. The Bertz CT molecular complexity index is 1050. The van der Waals surface area contributed by atoms with Crippen LogP contribution >= 0.6 is 11.8 Å². The number of rotatable bonds is 5. The van der Waals surface area contributed by atoms with Crippen LogP contribution in [0.4, 0.5) is 0 Å². The molecule has 1 aromatic carbocycles. The number of ether oxygens (including phenoxy) is 2. The van der Waals surface area contributed by atoms with E-state index >= 15 is 0 Å². The van der Waals surface area contributed by atoms with Crippen molar-refractivity contribution >= 4 is 23.7 Å². The van der Waals surface area contributed by atoms with E-state index in [0.29, 0.717) is 23.8 Å². The van der Waals surface area contributed by atoms with Crippen LogP contribution in [-0.4, -0.2) is 42.1 Å². The molecule has 196 valence electrons. The van der Waals surface area contributed by atoms with Crippen LogP contribution in [0.2, 0.25) is 0 Å². The second-order valence-corrected chi connectivity index (χ2v) is 13.2. The molecule has 0 amide bonds. The minimum absolute atomic E-state index is 0.0212. The van der Waals surface area contributed by atoms with E-state index in [9.17, 15) is 14.7 Å². The summed E-state index contributed by atoms with van der Waals surface area (Å²) in [5.74, 6) is 0.332. The molecule has 5 rings (SSSR count). The second kappa shape index (κ2) is 9.20.